The molecule has 2 aliphatic rings. The van der Waals surface area contributed by atoms with E-state index in [9.17, 15) is 18.7 Å². The van der Waals surface area contributed by atoms with Gasteiger partial charge in [-0.1, -0.05) is 30.3 Å². The molecule has 0 spiro atoms. The smallest absolute Gasteiger partial charge is 0.251 e. The molecule has 5 rings (SSSR count). The van der Waals surface area contributed by atoms with Crippen LogP contribution in [-0.2, 0) is 11.2 Å². The highest BCUT2D eigenvalue weighted by atomic mass is 19.1. The van der Waals surface area contributed by atoms with Crippen molar-refractivity contribution in [1.82, 2.24) is 15.1 Å². The van der Waals surface area contributed by atoms with Crippen LogP contribution in [0.2, 0.25) is 0 Å². The van der Waals surface area contributed by atoms with Crippen LogP contribution in [0.5, 0.6) is 5.75 Å². The van der Waals surface area contributed by atoms with E-state index in [2.05, 4.69) is 15.1 Å². The highest BCUT2D eigenvalue weighted by molar-refractivity contribution is 5.95. The van der Waals surface area contributed by atoms with Crippen LogP contribution in [0.15, 0.2) is 85.4 Å². The molecule has 40 heavy (non-hydrogen) atoms. The number of aromatic hydroxyl groups is 1. The number of piperidine rings is 1. The molecule has 0 unspecified atom stereocenters. The minimum absolute atomic E-state index is 0.164. The molecule has 3 aromatic rings. The van der Waals surface area contributed by atoms with Gasteiger partial charge < -0.3 is 25.0 Å². The molecule has 2 heterocycles. The average Bonchev–Trinajstić information content (AvgIpc) is 2.96. The molecule has 2 aliphatic heterocycles. The van der Waals surface area contributed by atoms with Crippen molar-refractivity contribution in [2.75, 3.05) is 32.7 Å². The van der Waals surface area contributed by atoms with Crippen LogP contribution in [0.1, 0.15) is 45.8 Å². The lowest BCUT2D eigenvalue weighted by atomic mass is 9.86. The second kappa shape index (κ2) is 12.8. The van der Waals surface area contributed by atoms with Gasteiger partial charge in [-0.15, -0.1) is 0 Å². The first kappa shape index (κ1) is 27.4. The molecule has 8 heteroatoms. The van der Waals surface area contributed by atoms with Gasteiger partial charge in [0.2, 0.25) is 0 Å². The molecule has 1 amide bonds. The number of halogens is 2. The van der Waals surface area contributed by atoms with E-state index in [1.165, 1.54) is 12.1 Å². The zero-order valence-electron chi connectivity index (χ0n) is 22.2. The van der Waals surface area contributed by atoms with Gasteiger partial charge in [-0.3, -0.25) is 4.79 Å². The van der Waals surface area contributed by atoms with Crippen molar-refractivity contribution in [1.29, 1.82) is 0 Å². The lowest BCUT2D eigenvalue weighted by molar-refractivity contribution is 0.0951. The van der Waals surface area contributed by atoms with Crippen molar-refractivity contribution in [3.63, 3.8) is 0 Å². The largest absolute Gasteiger partial charge is 0.508 e. The highest BCUT2D eigenvalue weighted by Crippen LogP contribution is 2.31. The van der Waals surface area contributed by atoms with E-state index in [-0.39, 0.29) is 17.6 Å². The molecular formula is C32H33F2N3O3. The molecule has 0 bridgehead atoms. The summed E-state index contributed by atoms with van der Waals surface area (Å²) in [6.07, 6.45) is 7.76. The number of hydrogen-bond acceptors (Lipinski definition) is 5. The number of nitrogens with zero attached hydrogens (tertiary/aromatic N) is 2. The Morgan fingerprint density at radius 2 is 1.75 bits per heavy atom. The Morgan fingerprint density at radius 1 is 0.975 bits per heavy atom. The minimum atomic E-state index is -0.617. The number of likely N-dealkylation sites (tertiary alicyclic amines) is 1. The summed E-state index contributed by atoms with van der Waals surface area (Å²) in [6, 6.07) is 18.1. The average molecular weight is 546 g/mol. The molecule has 0 saturated carbocycles. The van der Waals surface area contributed by atoms with Gasteiger partial charge in [0, 0.05) is 49.2 Å². The molecule has 1 fully saturated rings. The highest BCUT2D eigenvalue weighted by Gasteiger charge is 2.24. The molecule has 0 atom stereocenters. The van der Waals surface area contributed by atoms with Gasteiger partial charge in [0.05, 0.1) is 0 Å². The lowest BCUT2D eigenvalue weighted by Gasteiger charge is -2.34. The summed E-state index contributed by atoms with van der Waals surface area (Å²) in [4.78, 5) is 17.5. The predicted molar refractivity (Wildman–Crippen MR) is 150 cm³/mol. The molecule has 0 aromatic heterocycles. The zero-order chi connectivity index (χ0) is 27.9. The number of hydrogen-bond donors (Lipinski definition) is 2. The summed E-state index contributed by atoms with van der Waals surface area (Å²) in [7, 11) is 0. The molecule has 0 aliphatic carbocycles. The van der Waals surface area contributed by atoms with Gasteiger partial charge >= 0.3 is 0 Å². The fourth-order valence-electron chi connectivity index (χ4n) is 5.30. The molecular weight excluding hydrogens is 512 g/mol. The first-order valence-electron chi connectivity index (χ1n) is 13.6. The van der Waals surface area contributed by atoms with Crippen LogP contribution in [-0.4, -0.2) is 53.5 Å². The monoisotopic (exact) mass is 545 g/mol. The maximum atomic E-state index is 13.4. The third-order valence-corrected chi connectivity index (χ3v) is 7.39. The summed E-state index contributed by atoms with van der Waals surface area (Å²) < 4.78 is 32.5. The van der Waals surface area contributed by atoms with Crippen LogP contribution in [0.25, 0.3) is 5.76 Å². The van der Waals surface area contributed by atoms with Gasteiger partial charge in [0.1, 0.15) is 29.4 Å². The van der Waals surface area contributed by atoms with Crippen molar-refractivity contribution in [2.45, 2.75) is 25.2 Å². The number of amides is 1. The van der Waals surface area contributed by atoms with E-state index >= 15 is 0 Å². The number of phenolic OH excluding ortho intramolecular Hbond substituents is 1. The molecule has 2 N–H and O–H groups in total. The summed E-state index contributed by atoms with van der Waals surface area (Å²) in [5, 5.41) is 12.7. The van der Waals surface area contributed by atoms with E-state index in [0.29, 0.717) is 29.9 Å². The number of rotatable bonds is 9. The van der Waals surface area contributed by atoms with Crippen LogP contribution >= 0.6 is 0 Å². The van der Waals surface area contributed by atoms with E-state index in [1.54, 1.807) is 24.5 Å². The van der Waals surface area contributed by atoms with Crippen LogP contribution < -0.4 is 5.32 Å². The number of ether oxygens (including phenoxy) is 1. The second-order valence-electron chi connectivity index (χ2n) is 10.2. The number of phenols is 1. The molecule has 3 aromatic carbocycles. The summed E-state index contributed by atoms with van der Waals surface area (Å²) in [5.41, 5.74) is 3.04. The Balaban J connectivity index is 1.12. The van der Waals surface area contributed by atoms with Crippen molar-refractivity contribution < 1.29 is 23.4 Å². The summed E-state index contributed by atoms with van der Waals surface area (Å²) in [6.45, 7) is 3.86. The zero-order valence-corrected chi connectivity index (χ0v) is 22.2. The summed E-state index contributed by atoms with van der Waals surface area (Å²) in [5.74, 6) is -0.219. The standard InChI is InChI=1S/C32H33F2N3O3/c33-26-18-23(19-27(34)21-26)8-11-35-32(39)30-7-2-1-6-29(30)24-9-12-36(13-10-24)14-15-37-16-17-40-31(22-37)25-4-3-5-28(38)20-25/h1-7,16-22,24,38H,8-15H2,(H,35,39). The molecule has 208 valence electrons. The fraction of sp³-hybridized carbons (Fsp3) is 0.281. The summed E-state index contributed by atoms with van der Waals surface area (Å²) >= 11 is 0. The normalized spacial score (nSPS) is 15.9. The molecule has 1 saturated heterocycles. The van der Waals surface area contributed by atoms with E-state index in [0.717, 1.165) is 56.2 Å². The molecule has 0 radical (unpaired) electrons. The Morgan fingerprint density at radius 3 is 2.52 bits per heavy atom. The topological polar surface area (TPSA) is 65.0 Å². The van der Waals surface area contributed by atoms with Gasteiger partial charge in [0.15, 0.2) is 0 Å². The van der Waals surface area contributed by atoms with Crippen molar-refractivity contribution in [3.8, 4) is 5.75 Å². The Hall–Kier alpha value is -4.17. The van der Waals surface area contributed by atoms with E-state index in [1.807, 2.05) is 42.7 Å². The van der Waals surface area contributed by atoms with Crippen molar-refractivity contribution >= 4 is 11.7 Å². The lowest BCUT2D eigenvalue weighted by Crippen LogP contribution is -2.38. The van der Waals surface area contributed by atoms with Gasteiger partial charge in [-0.05, 0) is 79.7 Å². The quantitative estimate of drug-likeness (QED) is 0.365. The molecule has 6 nitrogen and oxygen atoms in total. The minimum Gasteiger partial charge on any atom is -0.508 e. The first-order chi connectivity index (χ1) is 19.4. The number of benzene rings is 3. The SMILES string of the molecule is O=C(NCCc1cc(F)cc(F)c1)c1ccccc1C1CCN(CCN2C=COC(c3cccc(O)c3)=C2)CC1. The van der Waals surface area contributed by atoms with Crippen LogP contribution in [0.3, 0.4) is 0 Å². The maximum absolute atomic E-state index is 13.4. The van der Waals surface area contributed by atoms with Gasteiger partial charge in [0.25, 0.3) is 5.91 Å². The van der Waals surface area contributed by atoms with Crippen LogP contribution in [0, 0.1) is 11.6 Å². The van der Waals surface area contributed by atoms with Gasteiger partial charge in [-0.25, -0.2) is 8.78 Å². The fourth-order valence-corrected chi connectivity index (χ4v) is 5.30. The van der Waals surface area contributed by atoms with Crippen LogP contribution in [0.4, 0.5) is 8.78 Å². The second-order valence-corrected chi connectivity index (χ2v) is 10.2. The van der Waals surface area contributed by atoms with Crippen molar-refractivity contribution in [3.05, 3.63) is 119 Å². The Bertz CT molecular complexity index is 1380. The Kier molecular flexibility index (Phi) is 8.76. The predicted octanol–water partition coefficient (Wildman–Crippen LogP) is 5.62. The van der Waals surface area contributed by atoms with Gasteiger partial charge in [-0.2, -0.15) is 0 Å². The number of nitrogens with one attached hydrogen (secondary N) is 1. The third kappa shape index (κ3) is 7.07. The number of carbonyl (C=O) groups is 1. The van der Waals surface area contributed by atoms with E-state index < -0.39 is 11.6 Å². The Labute approximate surface area is 233 Å². The maximum Gasteiger partial charge on any atom is 0.251 e. The van der Waals surface area contributed by atoms with E-state index in [4.69, 9.17) is 4.74 Å². The van der Waals surface area contributed by atoms with Crippen molar-refractivity contribution in [2.24, 2.45) is 0 Å². The first-order valence-corrected chi connectivity index (χ1v) is 13.6. The number of carbonyl (C=O) groups excluding carboxylic acids is 1. The third-order valence-electron chi connectivity index (χ3n) is 7.39.